The van der Waals surface area contributed by atoms with Gasteiger partial charge in [-0.05, 0) is 37.1 Å². The number of methoxy groups -OCH3 is 1. The smallest absolute Gasteiger partial charge is 0.337 e. The van der Waals surface area contributed by atoms with Crippen LogP contribution in [0.5, 0.6) is 0 Å². The van der Waals surface area contributed by atoms with Crippen molar-refractivity contribution in [1.82, 2.24) is 4.90 Å². The minimum absolute atomic E-state index is 0.285. The standard InChI is InChI=1S/C16H22N2O3/c1-20-16(19)13-4-6-14(7-5-13)18-8-2-3-15(18)17-9-11-21-12-10-17/h4-7,15H,2-3,8-12H2,1H3. The molecule has 2 heterocycles. The van der Waals surface area contributed by atoms with Crippen LogP contribution in [0.25, 0.3) is 0 Å². The summed E-state index contributed by atoms with van der Waals surface area (Å²) in [6.45, 7) is 4.72. The van der Waals surface area contributed by atoms with Crippen molar-refractivity contribution in [3.8, 4) is 0 Å². The van der Waals surface area contributed by atoms with Gasteiger partial charge in [-0.2, -0.15) is 0 Å². The van der Waals surface area contributed by atoms with E-state index < -0.39 is 0 Å². The Morgan fingerprint density at radius 1 is 1.19 bits per heavy atom. The molecule has 2 aliphatic rings. The molecule has 2 fully saturated rings. The Bertz CT molecular complexity index is 483. The summed E-state index contributed by atoms with van der Waals surface area (Å²) in [7, 11) is 1.41. The van der Waals surface area contributed by atoms with Crippen molar-refractivity contribution >= 4 is 11.7 Å². The first-order valence-electron chi connectivity index (χ1n) is 7.56. The number of anilines is 1. The van der Waals surface area contributed by atoms with Gasteiger partial charge in [0.05, 0.1) is 32.1 Å². The normalized spacial score (nSPS) is 23.3. The van der Waals surface area contributed by atoms with Gasteiger partial charge in [0.1, 0.15) is 0 Å². The van der Waals surface area contributed by atoms with Gasteiger partial charge in [-0.25, -0.2) is 4.79 Å². The highest BCUT2D eigenvalue weighted by Gasteiger charge is 2.30. The maximum atomic E-state index is 11.5. The summed E-state index contributed by atoms with van der Waals surface area (Å²) in [4.78, 5) is 16.4. The van der Waals surface area contributed by atoms with Crippen LogP contribution in [0.15, 0.2) is 24.3 Å². The summed E-state index contributed by atoms with van der Waals surface area (Å²) in [5.74, 6) is -0.285. The lowest BCUT2D eigenvalue weighted by atomic mass is 10.2. The number of ether oxygens (including phenoxy) is 2. The van der Waals surface area contributed by atoms with Crippen LogP contribution >= 0.6 is 0 Å². The maximum absolute atomic E-state index is 11.5. The SMILES string of the molecule is COC(=O)c1ccc(N2CCCC2N2CCOCC2)cc1. The van der Waals surface area contributed by atoms with Crippen molar-refractivity contribution in [2.45, 2.75) is 19.0 Å². The van der Waals surface area contributed by atoms with Crippen molar-refractivity contribution in [1.29, 1.82) is 0 Å². The number of carbonyl (C=O) groups is 1. The van der Waals surface area contributed by atoms with E-state index in [0.29, 0.717) is 11.7 Å². The summed E-state index contributed by atoms with van der Waals surface area (Å²) in [5.41, 5.74) is 1.78. The minimum Gasteiger partial charge on any atom is -0.465 e. The van der Waals surface area contributed by atoms with E-state index in [-0.39, 0.29) is 5.97 Å². The Morgan fingerprint density at radius 2 is 1.90 bits per heavy atom. The molecule has 2 aliphatic heterocycles. The van der Waals surface area contributed by atoms with E-state index in [1.807, 2.05) is 24.3 Å². The van der Waals surface area contributed by atoms with Crippen LogP contribution < -0.4 is 4.90 Å². The van der Waals surface area contributed by atoms with Crippen LogP contribution in [0.1, 0.15) is 23.2 Å². The monoisotopic (exact) mass is 290 g/mol. The van der Waals surface area contributed by atoms with E-state index in [9.17, 15) is 4.79 Å². The summed E-state index contributed by atoms with van der Waals surface area (Å²) in [6.07, 6.45) is 2.86. The average molecular weight is 290 g/mol. The fourth-order valence-corrected chi connectivity index (χ4v) is 3.21. The Hall–Kier alpha value is -1.59. The van der Waals surface area contributed by atoms with E-state index in [1.165, 1.54) is 25.6 Å². The Kier molecular flexibility index (Phi) is 4.41. The van der Waals surface area contributed by atoms with E-state index in [1.54, 1.807) is 0 Å². The number of morpholine rings is 1. The second-order valence-corrected chi connectivity index (χ2v) is 5.50. The van der Waals surface area contributed by atoms with Crippen LogP contribution in [0.2, 0.25) is 0 Å². The van der Waals surface area contributed by atoms with Gasteiger partial charge in [-0.15, -0.1) is 0 Å². The summed E-state index contributed by atoms with van der Waals surface area (Å²) < 4.78 is 10.2. The molecule has 0 amide bonds. The van der Waals surface area contributed by atoms with Gasteiger partial charge in [0, 0.05) is 25.3 Å². The third kappa shape index (κ3) is 3.04. The van der Waals surface area contributed by atoms with Gasteiger partial charge in [-0.1, -0.05) is 0 Å². The van der Waals surface area contributed by atoms with Crippen molar-refractivity contribution < 1.29 is 14.3 Å². The van der Waals surface area contributed by atoms with Gasteiger partial charge in [0.2, 0.25) is 0 Å². The molecule has 0 N–H and O–H groups in total. The Balaban J connectivity index is 1.73. The van der Waals surface area contributed by atoms with Crippen LogP contribution in [0, 0.1) is 0 Å². The Morgan fingerprint density at radius 3 is 2.57 bits per heavy atom. The number of benzene rings is 1. The molecule has 1 unspecified atom stereocenters. The van der Waals surface area contributed by atoms with Crippen LogP contribution in [0.3, 0.4) is 0 Å². The first-order valence-corrected chi connectivity index (χ1v) is 7.56. The second-order valence-electron chi connectivity index (χ2n) is 5.50. The van der Waals surface area contributed by atoms with Gasteiger partial charge < -0.3 is 14.4 Å². The third-order valence-electron chi connectivity index (χ3n) is 4.31. The zero-order valence-electron chi connectivity index (χ0n) is 12.5. The molecule has 0 radical (unpaired) electrons. The van der Waals surface area contributed by atoms with Gasteiger partial charge in [0.15, 0.2) is 0 Å². The lowest BCUT2D eigenvalue weighted by Gasteiger charge is -2.38. The van der Waals surface area contributed by atoms with Gasteiger partial charge >= 0.3 is 5.97 Å². The number of esters is 1. The zero-order chi connectivity index (χ0) is 14.7. The Labute approximate surface area is 125 Å². The third-order valence-corrected chi connectivity index (χ3v) is 4.31. The molecule has 5 heteroatoms. The van der Waals surface area contributed by atoms with E-state index >= 15 is 0 Å². The van der Waals surface area contributed by atoms with Crippen LogP contribution in [-0.2, 0) is 9.47 Å². The molecule has 3 rings (SSSR count). The molecular weight excluding hydrogens is 268 g/mol. The summed E-state index contributed by atoms with van der Waals surface area (Å²) >= 11 is 0. The van der Waals surface area contributed by atoms with E-state index in [2.05, 4.69) is 9.80 Å². The summed E-state index contributed by atoms with van der Waals surface area (Å²) in [5, 5.41) is 0. The summed E-state index contributed by atoms with van der Waals surface area (Å²) in [6, 6.07) is 7.72. The molecule has 0 saturated carbocycles. The molecule has 21 heavy (non-hydrogen) atoms. The molecule has 1 aromatic rings. The fraction of sp³-hybridized carbons (Fsp3) is 0.562. The van der Waals surface area contributed by atoms with Crippen molar-refractivity contribution in [3.63, 3.8) is 0 Å². The number of nitrogens with zero attached hydrogens (tertiary/aromatic N) is 2. The van der Waals surface area contributed by atoms with Crippen molar-refractivity contribution in [3.05, 3.63) is 29.8 Å². The zero-order valence-corrected chi connectivity index (χ0v) is 12.5. The van der Waals surface area contributed by atoms with Gasteiger partial charge in [-0.3, -0.25) is 4.90 Å². The highest BCUT2D eigenvalue weighted by atomic mass is 16.5. The van der Waals surface area contributed by atoms with Gasteiger partial charge in [0.25, 0.3) is 0 Å². The molecular formula is C16H22N2O3. The van der Waals surface area contributed by atoms with Crippen molar-refractivity contribution in [2.75, 3.05) is 44.9 Å². The van der Waals surface area contributed by atoms with Crippen LogP contribution in [-0.4, -0.2) is 57.0 Å². The predicted octanol–water partition coefficient (Wildman–Crippen LogP) is 1.73. The highest BCUT2D eigenvalue weighted by Crippen LogP contribution is 2.28. The number of hydrogen-bond acceptors (Lipinski definition) is 5. The van der Waals surface area contributed by atoms with E-state index in [4.69, 9.17) is 9.47 Å². The molecule has 5 nitrogen and oxygen atoms in total. The molecule has 0 aromatic heterocycles. The second kappa shape index (κ2) is 6.45. The molecule has 114 valence electrons. The molecule has 2 saturated heterocycles. The molecule has 1 atom stereocenters. The topological polar surface area (TPSA) is 42.0 Å². The minimum atomic E-state index is -0.285. The van der Waals surface area contributed by atoms with E-state index in [0.717, 1.165) is 32.8 Å². The number of carbonyl (C=O) groups excluding carboxylic acids is 1. The highest BCUT2D eigenvalue weighted by molar-refractivity contribution is 5.89. The van der Waals surface area contributed by atoms with Crippen molar-refractivity contribution in [2.24, 2.45) is 0 Å². The maximum Gasteiger partial charge on any atom is 0.337 e. The lowest BCUT2D eigenvalue weighted by molar-refractivity contribution is 0.0187. The number of hydrogen-bond donors (Lipinski definition) is 0. The first kappa shape index (κ1) is 14.4. The molecule has 0 aliphatic carbocycles. The molecule has 0 bridgehead atoms. The van der Waals surface area contributed by atoms with Crippen LogP contribution in [0.4, 0.5) is 5.69 Å². The fourth-order valence-electron chi connectivity index (χ4n) is 3.21. The quantitative estimate of drug-likeness (QED) is 0.793. The lowest BCUT2D eigenvalue weighted by Crippen LogP contribution is -2.49. The number of rotatable bonds is 3. The first-order chi connectivity index (χ1) is 10.3. The largest absolute Gasteiger partial charge is 0.465 e. The molecule has 1 aromatic carbocycles. The average Bonchev–Trinajstić information content (AvgIpc) is 3.04. The predicted molar refractivity (Wildman–Crippen MR) is 80.5 cm³/mol. The molecule has 0 spiro atoms.